The first kappa shape index (κ1) is 11.4. The van der Waals surface area contributed by atoms with Gasteiger partial charge in [0, 0.05) is 0 Å². The number of nitrogens with two attached hydrogens (primary N) is 1. The summed E-state index contributed by atoms with van der Waals surface area (Å²) in [6.07, 6.45) is 2.70. The minimum Gasteiger partial charge on any atom is -0.279 e. The van der Waals surface area contributed by atoms with Crippen LogP contribution in [0.4, 0.5) is 11.4 Å². The van der Waals surface area contributed by atoms with Crippen LogP contribution in [0.1, 0.15) is 5.56 Å². The van der Waals surface area contributed by atoms with Gasteiger partial charge in [0.1, 0.15) is 0 Å². The molecule has 0 bridgehead atoms. The summed E-state index contributed by atoms with van der Waals surface area (Å²) in [7, 11) is 0. The van der Waals surface area contributed by atoms with Crippen molar-refractivity contribution in [2.45, 2.75) is 6.42 Å². The molecule has 2 rings (SSSR count). The van der Waals surface area contributed by atoms with Gasteiger partial charge in [-0.25, -0.2) is 5.84 Å². The van der Waals surface area contributed by atoms with Gasteiger partial charge in [0.05, 0.1) is 11.4 Å². The second-order valence-electron chi connectivity index (χ2n) is 3.83. The average Bonchev–Trinajstić information content (AvgIpc) is 2.40. The molecular formula is C15H16N2. The normalized spacial score (nSPS) is 9.94. The quantitative estimate of drug-likeness (QED) is 0.490. The van der Waals surface area contributed by atoms with Crippen molar-refractivity contribution in [2.75, 3.05) is 5.01 Å². The Balaban J connectivity index is 2.37. The Bertz CT molecular complexity index is 491. The van der Waals surface area contributed by atoms with Crippen LogP contribution in [0.5, 0.6) is 0 Å². The first-order chi connectivity index (χ1) is 8.33. The minimum absolute atomic E-state index is 0.816. The van der Waals surface area contributed by atoms with Crippen molar-refractivity contribution in [3.63, 3.8) is 0 Å². The van der Waals surface area contributed by atoms with E-state index in [1.165, 1.54) is 5.56 Å². The van der Waals surface area contributed by atoms with Crippen molar-refractivity contribution in [1.82, 2.24) is 0 Å². The van der Waals surface area contributed by atoms with Gasteiger partial charge >= 0.3 is 0 Å². The van der Waals surface area contributed by atoms with Gasteiger partial charge in [0.15, 0.2) is 0 Å². The molecule has 0 spiro atoms. The molecule has 86 valence electrons. The van der Waals surface area contributed by atoms with Crippen molar-refractivity contribution in [3.05, 3.63) is 72.8 Å². The van der Waals surface area contributed by atoms with Crippen molar-refractivity contribution in [3.8, 4) is 0 Å². The van der Waals surface area contributed by atoms with Crippen LogP contribution in [0.25, 0.3) is 0 Å². The fraction of sp³-hybridized carbons (Fsp3) is 0.0667. The van der Waals surface area contributed by atoms with E-state index in [1.54, 1.807) is 5.01 Å². The molecule has 2 nitrogen and oxygen atoms in total. The highest BCUT2D eigenvalue weighted by molar-refractivity contribution is 5.65. The highest BCUT2D eigenvalue weighted by atomic mass is 15.4. The fourth-order valence-corrected chi connectivity index (χ4v) is 1.80. The number of hydrogen-bond acceptors (Lipinski definition) is 2. The molecule has 0 aliphatic carbocycles. The summed E-state index contributed by atoms with van der Waals surface area (Å²) in [5.74, 6) is 6.15. The molecule has 0 unspecified atom stereocenters. The number of hydrogen-bond donors (Lipinski definition) is 1. The molecule has 0 atom stereocenters. The summed E-state index contributed by atoms with van der Waals surface area (Å²) in [5, 5.41) is 1.71. The second kappa shape index (κ2) is 5.32. The third kappa shape index (κ3) is 2.55. The monoisotopic (exact) mass is 224 g/mol. The zero-order chi connectivity index (χ0) is 12.1. The Labute approximate surface area is 102 Å². The van der Waals surface area contributed by atoms with Crippen LogP contribution in [-0.2, 0) is 6.42 Å². The molecule has 0 radical (unpaired) electrons. The molecule has 0 aromatic heterocycles. The Morgan fingerprint density at radius 2 is 1.65 bits per heavy atom. The number of anilines is 2. The van der Waals surface area contributed by atoms with Crippen molar-refractivity contribution < 1.29 is 0 Å². The molecule has 0 saturated carbocycles. The van der Waals surface area contributed by atoms with Crippen molar-refractivity contribution >= 4 is 11.4 Å². The highest BCUT2D eigenvalue weighted by Gasteiger charge is 2.07. The van der Waals surface area contributed by atoms with Crippen molar-refractivity contribution in [2.24, 2.45) is 5.84 Å². The van der Waals surface area contributed by atoms with Crippen LogP contribution in [-0.4, -0.2) is 0 Å². The summed E-state index contributed by atoms with van der Waals surface area (Å²) in [6.45, 7) is 3.77. The lowest BCUT2D eigenvalue weighted by atomic mass is 10.1. The number of para-hydroxylation sites is 2. The third-order valence-corrected chi connectivity index (χ3v) is 2.65. The number of hydrazine groups is 1. The van der Waals surface area contributed by atoms with Gasteiger partial charge in [0.2, 0.25) is 0 Å². The topological polar surface area (TPSA) is 29.3 Å². The number of allylic oxidation sites excluding steroid dienone is 1. The van der Waals surface area contributed by atoms with E-state index < -0.39 is 0 Å². The Hall–Kier alpha value is -2.06. The summed E-state index contributed by atoms with van der Waals surface area (Å²) >= 11 is 0. The van der Waals surface area contributed by atoms with Gasteiger partial charge in [0.25, 0.3) is 0 Å². The van der Waals surface area contributed by atoms with Crippen LogP contribution in [0.2, 0.25) is 0 Å². The Kier molecular flexibility index (Phi) is 3.58. The lowest BCUT2D eigenvalue weighted by Crippen LogP contribution is -2.25. The van der Waals surface area contributed by atoms with E-state index in [1.807, 2.05) is 54.6 Å². The number of rotatable bonds is 4. The molecular weight excluding hydrogens is 208 g/mol. The zero-order valence-electron chi connectivity index (χ0n) is 9.71. The standard InChI is InChI=1S/C15H16N2/c1-2-8-13-9-6-7-12-15(13)17(16)14-10-4-3-5-11-14/h2-7,9-12H,1,8,16H2. The van der Waals surface area contributed by atoms with Crippen LogP contribution < -0.4 is 10.9 Å². The SMILES string of the molecule is C=CCc1ccccc1N(N)c1ccccc1. The maximum Gasteiger partial charge on any atom is 0.0610 e. The van der Waals surface area contributed by atoms with Gasteiger partial charge in [-0.1, -0.05) is 42.5 Å². The lowest BCUT2D eigenvalue weighted by molar-refractivity contribution is 1.06. The maximum absolute atomic E-state index is 6.15. The first-order valence-corrected chi connectivity index (χ1v) is 5.61. The van der Waals surface area contributed by atoms with Gasteiger partial charge < -0.3 is 0 Å². The first-order valence-electron chi connectivity index (χ1n) is 5.61. The largest absolute Gasteiger partial charge is 0.279 e. The smallest absolute Gasteiger partial charge is 0.0610 e. The van der Waals surface area contributed by atoms with E-state index in [4.69, 9.17) is 5.84 Å². The predicted octanol–water partition coefficient (Wildman–Crippen LogP) is 3.43. The lowest BCUT2D eigenvalue weighted by Gasteiger charge is -2.21. The van der Waals surface area contributed by atoms with Gasteiger partial charge in [-0.15, -0.1) is 6.58 Å². The fourth-order valence-electron chi connectivity index (χ4n) is 1.80. The molecule has 0 aliphatic rings. The molecule has 0 amide bonds. The van der Waals surface area contributed by atoms with Crippen LogP contribution in [0.15, 0.2) is 67.3 Å². The third-order valence-electron chi connectivity index (χ3n) is 2.65. The van der Waals surface area contributed by atoms with Crippen LogP contribution in [0, 0.1) is 0 Å². The number of benzene rings is 2. The predicted molar refractivity (Wildman–Crippen MR) is 73.1 cm³/mol. The molecule has 0 saturated heterocycles. The molecule has 0 heterocycles. The summed E-state index contributed by atoms with van der Waals surface area (Å²) in [6, 6.07) is 18.0. The van der Waals surface area contributed by atoms with E-state index in [0.717, 1.165) is 17.8 Å². The zero-order valence-corrected chi connectivity index (χ0v) is 9.71. The molecule has 2 aromatic rings. The van der Waals surface area contributed by atoms with Gasteiger partial charge in [-0.3, -0.25) is 5.01 Å². The molecule has 17 heavy (non-hydrogen) atoms. The molecule has 2 heteroatoms. The van der Waals surface area contributed by atoms with Gasteiger partial charge in [-0.2, -0.15) is 0 Å². The van der Waals surface area contributed by atoms with Crippen molar-refractivity contribution in [1.29, 1.82) is 0 Å². The molecule has 0 aliphatic heterocycles. The Morgan fingerprint density at radius 1 is 1.00 bits per heavy atom. The second-order valence-corrected chi connectivity index (χ2v) is 3.83. The molecule has 2 N–H and O–H groups in total. The summed E-state index contributed by atoms with van der Waals surface area (Å²) in [5.41, 5.74) is 3.16. The van der Waals surface area contributed by atoms with Crippen LogP contribution >= 0.6 is 0 Å². The van der Waals surface area contributed by atoms with E-state index in [9.17, 15) is 0 Å². The van der Waals surface area contributed by atoms with E-state index in [0.29, 0.717) is 0 Å². The molecule has 0 fully saturated rings. The number of nitrogens with zero attached hydrogens (tertiary/aromatic N) is 1. The van der Waals surface area contributed by atoms with Crippen LogP contribution in [0.3, 0.4) is 0 Å². The van der Waals surface area contributed by atoms with E-state index >= 15 is 0 Å². The average molecular weight is 224 g/mol. The van der Waals surface area contributed by atoms with E-state index in [2.05, 4.69) is 12.6 Å². The van der Waals surface area contributed by atoms with Gasteiger partial charge in [-0.05, 0) is 30.2 Å². The summed E-state index contributed by atoms with van der Waals surface area (Å²) in [4.78, 5) is 0. The van der Waals surface area contributed by atoms with E-state index in [-0.39, 0.29) is 0 Å². The molecule has 2 aromatic carbocycles. The summed E-state index contributed by atoms with van der Waals surface area (Å²) < 4.78 is 0. The minimum atomic E-state index is 0.816. The Morgan fingerprint density at radius 3 is 2.35 bits per heavy atom. The maximum atomic E-state index is 6.15. The highest BCUT2D eigenvalue weighted by Crippen LogP contribution is 2.25.